The van der Waals surface area contributed by atoms with E-state index in [9.17, 15) is 238 Å². The predicted molar refractivity (Wildman–Crippen MR) is 251 cm³/mol. The van der Waals surface area contributed by atoms with Crippen molar-refractivity contribution >= 4 is 195 Å². The largest absolute Gasteiger partial charge is 4.00 e. The Morgan fingerprint density at radius 1 is 0.142 bits per heavy atom. The Labute approximate surface area is 780 Å². The van der Waals surface area contributed by atoms with Crippen molar-refractivity contribution < 1.29 is 446 Å². The molecule has 0 bridgehead atoms. The van der Waals surface area contributed by atoms with Gasteiger partial charge in [0.05, 0.1) is 47.8 Å². The Morgan fingerprint density at radius 2 is 0.177 bits per heavy atom. The van der Waals surface area contributed by atoms with Gasteiger partial charge >= 0.3 is 219 Å². The molecule has 0 aromatic carbocycles. The van der Waals surface area contributed by atoms with E-state index in [0.717, 1.165) is 0 Å². The SMILES string of the molecule is O=C([O-])CC(O)(CC(=O)[O-])C(=O)[O-].O=C([O-])CC(O)(CC(=O)[O-])C(=O)[O-].O=C([O-])CC(O)(CC(=O)[O-])C(=O)[O-].O=C([O-])CC(O)(CC(=O)[O-])C(=O)[O-].O=C([O-])CC(O)(CC(=O)[O-])C(=O)[O-].O=C([O-])CC(O)(CC(=O)[O-])C(=O)[O-].O=C([O-])CC(O)(CC(=O)[O-])C(=O)[O-].O=C([O-])CC(O)(CC(=O)[O-])C(=O)[O-].[Al+3].[Al+3].[Al+3].[Na+].[Na+].[Na+].[Zr+4].[Zr+4].[Zr+4]. The molecule has 0 aliphatic carbocycles. The summed E-state index contributed by atoms with van der Waals surface area (Å²) in [6.07, 6.45) is -21.7. The van der Waals surface area contributed by atoms with Crippen LogP contribution in [0.2, 0.25) is 0 Å². The third kappa shape index (κ3) is 77.2. The van der Waals surface area contributed by atoms with Gasteiger partial charge in [-0.1, -0.05) is 0 Å². The summed E-state index contributed by atoms with van der Waals surface area (Å²) in [7, 11) is 0. The molecule has 0 spiro atoms. The Hall–Kier alpha value is -5.79. The molecule has 65 heteroatoms. The summed E-state index contributed by atoms with van der Waals surface area (Å²) in [6, 6.07) is 0. The third-order valence-corrected chi connectivity index (χ3v) is 10.0. The Balaban J connectivity index is -0.0000000614. The first-order valence-corrected chi connectivity index (χ1v) is 24.9. The van der Waals surface area contributed by atoms with Crippen LogP contribution in [0.5, 0.6) is 0 Å². The zero-order valence-electron chi connectivity index (χ0n) is 56.7. The molecule has 0 rings (SSSR count). The van der Waals surface area contributed by atoms with E-state index < -0.39 is 291 Å². The quantitative estimate of drug-likeness (QED) is 0.0264. The van der Waals surface area contributed by atoms with Crippen LogP contribution in [-0.2, 0) is 194 Å². The summed E-state index contributed by atoms with van der Waals surface area (Å²) >= 11 is 0. The van der Waals surface area contributed by atoms with Crippen molar-refractivity contribution in [1.29, 1.82) is 0 Å². The second-order valence-electron chi connectivity index (χ2n) is 19.3. The number of carbonyl (C=O) groups is 24. The molecule has 592 valence electrons. The molecule has 0 atom stereocenters. The number of aliphatic carboxylic acids is 24. The average Bonchev–Trinajstić information content (AvgIpc) is 0.931. The first-order valence-electron chi connectivity index (χ1n) is 24.9. The maximum atomic E-state index is 10.1. The van der Waals surface area contributed by atoms with Gasteiger partial charge in [-0.2, -0.15) is 0 Å². The number of hydrogen-bond acceptors (Lipinski definition) is 56. The van der Waals surface area contributed by atoms with Crippen molar-refractivity contribution in [2.24, 2.45) is 0 Å². The van der Waals surface area contributed by atoms with Crippen LogP contribution in [0.15, 0.2) is 0 Å². The van der Waals surface area contributed by atoms with Crippen LogP contribution in [0.1, 0.15) is 103 Å². The molecule has 0 aromatic rings. The molecule has 0 saturated heterocycles. The molecular weight excluding hydrogens is 1900 g/mol. The molecule has 0 heterocycles. The smallest absolute Gasteiger partial charge is 0.550 e. The minimum atomic E-state index is -2.97. The van der Waals surface area contributed by atoms with Crippen LogP contribution < -0.4 is 211 Å². The minimum absolute atomic E-state index is 0. The Morgan fingerprint density at radius 3 is 0.195 bits per heavy atom. The molecule has 0 saturated carbocycles. The number of carbonyl (C=O) groups excluding carboxylic acids is 24. The standard InChI is InChI=1S/8C6H8O7.3Al.3Na.3Zr/c8*7-3(8)1-6(13,5(11)12)2-4(9)10;;;;;;;;;/h8*13H,1-2H2,(H,7,8)(H,9,10)(H,11,12);;;;;;;;;/q;;;;;;;;3*+3;3*+1;3*+4/p-24. The summed E-state index contributed by atoms with van der Waals surface area (Å²) < 4.78 is 0. The molecule has 0 radical (unpaired) electrons. The van der Waals surface area contributed by atoms with Crippen LogP contribution in [0, 0.1) is 0 Å². The van der Waals surface area contributed by atoms with Crippen LogP contribution >= 0.6 is 0 Å². The van der Waals surface area contributed by atoms with Crippen LogP contribution in [0.3, 0.4) is 0 Å². The van der Waals surface area contributed by atoms with Gasteiger partial charge in [0.25, 0.3) is 0 Å². The number of hydrogen-bond donors (Lipinski definition) is 8. The summed E-state index contributed by atoms with van der Waals surface area (Å²) in [5, 5.41) is 311. The van der Waals surface area contributed by atoms with Crippen LogP contribution in [0.4, 0.5) is 0 Å². The van der Waals surface area contributed by atoms with Gasteiger partial charge < -0.3 is 278 Å². The normalized spacial score (nSPS) is 9.98. The van der Waals surface area contributed by atoms with Crippen molar-refractivity contribution in [2.45, 2.75) is 148 Å². The molecule has 56 nitrogen and oxygen atoms in total. The summed E-state index contributed by atoms with van der Waals surface area (Å²) in [4.78, 5) is 240. The fourth-order valence-electron chi connectivity index (χ4n) is 5.48. The van der Waals surface area contributed by atoms with E-state index in [1.165, 1.54) is 0 Å². The van der Waals surface area contributed by atoms with Crippen molar-refractivity contribution in [2.75, 3.05) is 0 Å². The minimum Gasteiger partial charge on any atom is -0.550 e. The second-order valence-corrected chi connectivity index (χ2v) is 19.3. The van der Waals surface area contributed by atoms with Gasteiger partial charge in [-0.15, -0.1) is 0 Å². The molecule has 0 aliphatic heterocycles. The predicted octanol–water partition coefficient (Wildman–Crippen LogP) is -52.2. The summed E-state index contributed by atoms with van der Waals surface area (Å²) in [5.41, 5.74) is -23.8. The number of carboxylic acids is 24. The van der Waals surface area contributed by atoms with Crippen molar-refractivity contribution in [3.63, 3.8) is 0 Å². The van der Waals surface area contributed by atoms with Crippen molar-refractivity contribution in [3.8, 4) is 0 Å². The fraction of sp³-hybridized carbons (Fsp3) is 0.500. The molecule has 0 aromatic heterocycles. The molecule has 0 aliphatic rings. The topological polar surface area (TPSA) is 1120 Å². The van der Waals surface area contributed by atoms with E-state index in [1.807, 2.05) is 0 Å². The van der Waals surface area contributed by atoms with Gasteiger partial charge in [-0.25, -0.2) is 0 Å². The average molecular weight is 1940 g/mol. The molecule has 113 heavy (non-hydrogen) atoms. The summed E-state index contributed by atoms with van der Waals surface area (Å²) in [6.45, 7) is 0. The van der Waals surface area contributed by atoms with Gasteiger partial charge in [0.1, 0.15) is 44.8 Å². The van der Waals surface area contributed by atoms with E-state index in [-0.39, 0.29) is 219 Å². The number of rotatable bonds is 40. The van der Waals surface area contributed by atoms with E-state index >= 15 is 0 Å². The van der Waals surface area contributed by atoms with E-state index in [2.05, 4.69) is 0 Å². The fourth-order valence-corrected chi connectivity index (χ4v) is 5.48. The maximum Gasteiger partial charge on any atom is 4.00 e. The van der Waals surface area contributed by atoms with Crippen LogP contribution in [0.25, 0.3) is 0 Å². The van der Waals surface area contributed by atoms with E-state index in [0.29, 0.717) is 0 Å². The number of carboxylic acid groups (broad SMARTS) is 24. The molecular formula is C48H40Al3Na3O56Zr3. The van der Waals surface area contributed by atoms with Gasteiger partial charge in [-0.3, -0.25) is 0 Å². The zero-order valence-corrected chi connectivity index (χ0v) is 73.6. The Kier molecular flexibility index (Phi) is 91.2. The maximum absolute atomic E-state index is 10.1. The molecule has 0 fully saturated rings. The summed E-state index contributed by atoms with van der Waals surface area (Å²) in [5.74, 6) is -47.9. The van der Waals surface area contributed by atoms with Crippen molar-refractivity contribution in [1.82, 2.24) is 0 Å². The first kappa shape index (κ1) is 149. The van der Waals surface area contributed by atoms with E-state index in [4.69, 9.17) is 40.9 Å². The molecule has 0 amide bonds. The molecule has 0 unspecified atom stereocenters. The second kappa shape index (κ2) is 69.3. The monoisotopic (exact) mass is 1930 g/mol. The number of aliphatic hydroxyl groups is 8. The van der Waals surface area contributed by atoms with Gasteiger partial charge in [0, 0.05) is 198 Å². The zero-order chi connectivity index (χ0) is 85.2. The van der Waals surface area contributed by atoms with Crippen molar-refractivity contribution in [3.05, 3.63) is 0 Å². The van der Waals surface area contributed by atoms with Crippen LogP contribution in [-0.4, -0.2) is 281 Å². The molecule has 8 N–H and O–H groups in total. The van der Waals surface area contributed by atoms with Gasteiger partial charge in [0.15, 0.2) is 0 Å². The van der Waals surface area contributed by atoms with Gasteiger partial charge in [-0.05, 0) is 0 Å². The van der Waals surface area contributed by atoms with Gasteiger partial charge in [0.2, 0.25) is 0 Å². The van der Waals surface area contributed by atoms with E-state index in [1.54, 1.807) is 0 Å². The first-order chi connectivity index (χ1) is 46.2. The third-order valence-electron chi connectivity index (χ3n) is 10.0. The Bertz CT molecular complexity index is 2500.